The second kappa shape index (κ2) is 6.88. The first-order valence-electron chi connectivity index (χ1n) is 8.37. The minimum Gasteiger partial charge on any atom is -0.339 e. The predicted octanol–water partition coefficient (Wildman–Crippen LogP) is 3.34. The Kier molecular flexibility index (Phi) is 4.81. The maximum absolute atomic E-state index is 12.6. The van der Waals surface area contributed by atoms with Crippen LogP contribution in [0.3, 0.4) is 0 Å². The molecule has 1 amide bonds. The average Bonchev–Trinajstić information content (AvgIpc) is 3.12. The van der Waals surface area contributed by atoms with Gasteiger partial charge in [-0.25, -0.2) is 8.42 Å². The summed E-state index contributed by atoms with van der Waals surface area (Å²) in [5.74, 6) is -0.0378. The fourth-order valence-electron chi connectivity index (χ4n) is 3.05. The van der Waals surface area contributed by atoms with Gasteiger partial charge in [-0.05, 0) is 62.1 Å². The Labute approximate surface area is 148 Å². The van der Waals surface area contributed by atoms with Crippen LogP contribution in [0.5, 0.6) is 0 Å². The zero-order chi connectivity index (χ0) is 18.0. The molecule has 25 heavy (non-hydrogen) atoms. The van der Waals surface area contributed by atoms with Crippen molar-refractivity contribution in [1.29, 1.82) is 0 Å². The zero-order valence-electron chi connectivity index (χ0n) is 14.5. The van der Waals surface area contributed by atoms with Gasteiger partial charge in [-0.1, -0.05) is 18.2 Å². The van der Waals surface area contributed by atoms with Crippen molar-refractivity contribution in [3.05, 3.63) is 59.2 Å². The van der Waals surface area contributed by atoms with Gasteiger partial charge in [-0.3, -0.25) is 9.52 Å². The Bertz CT molecular complexity index is 863. The summed E-state index contributed by atoms with van der Waals surface area (Å²) in [5, 5.41) is 0. The van der Waals surface area contributed by atoms with E-state index in [0.717, 1.165) is 37.1 Å². The minimum absolute atomic E-state index is 0.0378. The summed E-state index contributed by atoms with van der Waals surface area (Å²) in [6, 6.07) is 11.8. The van der Waals surface area contributed by atoms with Crippen molar-refractivity contribution in [1.82, 2.24) is 4.90 Å². The molecule has 0 atom stereocenters. The molecule has 1 saturated heterocycles. The van der Waals surface area contributed by atoms with E-state index >= 15 is 0 Å². The number of benzene rings is 2. The molecule has 2 aromatic rings. The third-order valence-electron chi connectivity index (χ3n) is 4.52. The summed E-state index contributed by atoms with van der Waals surface area (Å²) in [7, 11) is -3.69. The van der Waals surface area contributed by atoms with E-state index < -0.39 is 10.0 Å². The largest absolute Gasteiger partial charge is 0.339 e. The average molecular weight is 358 g/mol. The number of nitrogens with zero attached hydrogens (tertiary/aromatic N) is 1. The quantitative estimate of drug-likeness (QED) is 0.911. The number of sulfonamides is 1. The van der Waals surface area contributed by atoms with Crippen molar-refractivity contribution < 1.29 is 13.2 Å². The normalized spacial score (nSPS) is 14.6. The number of anilines is 1. The van der Waals surface area contributed by atoms with Gasteiger partial charge in [-0.2, -0.15) is 0 Å². The standard InChI is InChI=1S/C19H22N2O3S/c1-14-6-5-7-15(2)18(14)20-25(23,24)17-10-8-16(9-11-17)19(22)21-12-3-4-13-21/h5-11,20H,3-4,12-13H2,1-2H3. The summed E-state index contributed by atoms with van der Waals surface area (Å²) in [5.41, 5.74) is 2.85. The van der Waals surface area contributed by atoms with Gasteiger partial charge in [0.05, 0.1) is 10.6 Å². The molecule has 1 heterocycles. The van der Waals surface area contributed by atoms with E-state index in [4.69, 9.17) is 0 Å². The van der Waals surface area contributed by atoms with E-state index in [-0.39, 0.29) is 10.8 Å². The van der Waals surface area contributed by atoms with Gasteiger partial charge in [0.2, 0.25) is 0 Å². The van der Waals surface area contributed by atoms with Gasteiger partial charge < -0.3 is 4.90 Å². The topological polar surface area (TPSA) is 66.5 Å². The molecule has 5 nitrogen and oxygen atoms in total. The van der Waals surface area contributed by atoms with Crippen molar-refractivity contribution in [2.45, 2.75) is 31.6 Å². The molecule has 0 aliphatic carbocycles. The lowest BCUT2D eigenvalue weighted by atomic mass is 10.1. The Morgan fingerprint density at radius 1 is 0.960 bits per heavy atom. The Morgan fingerprint density at radius 2 is 1.52 bits per heavy atom. The van der Waals surface area contributed by atoms with E-state index in [1.165, 1.54) is 12.1 Å². The second-order valence-electron chi connectivity index (χ2n) is 6.40. The number of nitrogens with one attached hydrogen (secondary N) is 1. The number of para-hydroxylation sites is 1. The molecule has 0 bridgehead atoms. The lowest BCUT2D eigenvalue weighted by Gasteiger charge is -2.16. The van der Waals surface area contributed by atoms with Gasteiger partial charge in [0.25, 0.3) is 15.9 Å². The van der Waals surface area contributed by atoms with Crippen LogP contribution >= 0.6 is 0 Å². The maximum Gasteiger partial charge on any atom is 0.261 e. The number of hydrogen-bond acceptors (Lipinski definition) is 3. The van der Waals surface area contributed by atoms with E-state index in [1.54, 1.807) is 17.0 Å². The van der Waals surface area contributed by atoms with Crippen LogP contribution in [-0.4, -0.2) is 32.3 Å². The molecule has 1 N–H and O–H groups in total. The lowest BCUT2D eigenvalue weighted by molar-refractivity contribution is 0.0792. The van der Waals surface area contributed by atoms with Crippen LogP contribution in [0.4, 0.5) is 5.69 Å². The number of likely N-dealkylation sites (tertiary alicyclic amines) is 1. The molecule has 0 radical (unpaired) electrons. The van der Waals surface area contributed by atoms with Gasteiger partial charge in [0, 0.05) is 18.7 Å². The Balaban J connectivity index is 1.82. The molecular formula is C19H22N2O3S. The molecule has 132 valence electrons. The molecule has 0 aromatic heterocycles. The fraction of sp³-hybridized carbons (Fsp3) is 0.316. The SMILES string of the molecule is Cc1cccc(C)c1NS(=O)(=O)c1ccc(C(=O)N2CCCC2)cc1. The summed E-state index contributed by atoms with van der Waals surface area (Å²) in [6.07, 6.45) is 2.05. The molecule has 0 saturated carbocycles. The van der Waals surface area contributed by atoms with Gasteiger partial charge in [0.1, 0.15) is 0 Å². The van der Waals surface area contributed by atoms with E-state index in [2.05, 4.69) is 4.72 Å². The Morgan fingerprint density at radius 3 is 2.08 bits per heavy atom. The molecule has 2 aromatic carbocycles. The molecule has 1 aliphatic heterocycles. The Hall–Kier alpha value is -2.34. The molecule has 0 spiro atoms. The highest BCUT2D eigenvalue weighted by Crippen LogP contribution is 2.24. The van der Waals surface area contributed by atoms with Crippen molar-refractivity contribution in [3.8, 4) is 0 Å². The van der Waals surface area contributed by atoms with Crippen molar-refractivity contribution in [3.63, 3.8) is 0 Å². The highest BCUT2D eigenvalue weighted by atomic mass is 32.2. The maximum atomic E-state index is 12.6. The van der Waals surface area contributed by atoms with Crippen LogP contribution in [-0.2, 0) is 10.0 Å². The lowest BCUT2D eigenvalue weighted by Crippen LogP contribution is -2.27. The first-order valence-corrected chi connectivity index (χ1v) is 9.85. The van der Waals surface area contributed by atoms with Crippen LogP contribution in [0.25, 0.3) is 0 Å². The van der Waals surface area contributed by atoms with Crippen LogP contribution in [0.2, 0.25) is 0 Å². The monoisotopic (exact) mass is 358 g/mol. The van der Waals surface area contributed by atoms with E-state index in [1.807, 2.05) is 32.0 Å². The highest BCUT2D eigenvalue weighted by Gasteiger charge is 2.21. The van der Waals surface area contributed by atoms with Crippen molar-refractivity contribution in [2.75, 3.05) is 17.8 Å². The fourth-order valence-corrected chi connectivity index (χ4v) is 4.25. The van der Waals surface area contributed by atoms with Crippen LogP contribution in [0, 0.1) is 13.8 Å². The molecule has 6 heteroatoms. The molecule has 1 aliphatic rings. The molecule has 1 fully saturated rings. The number of carbonyl (C=O) groups excluding carboxylic acids is 1. The van der Waals surface area contributed by atoms with Gasteiger partial charge in [-0.15, -0.1) is 0 Å². The van der Waals surface area contributed by atoms with Gasteiger partial charge >= 0.3 is 0 Å². The van der Waals surface area contributed by atoms with Crippen molar-refractivity contribution >= 4 is 21.6 Å². The molecule has 0 unspecified atom stereocenters. The number of amides is 1. The summed E-state index contributed by atoms with van der Waals surface area (Å²) in [6.45, 7) is 5.27. The first kappa shape index (κ1) is 17.5. The third kappa shape index (κ3) is 3.69. The molecule has 3 rings (SSSR count). The summed E-state index contributed by atoms with van der Waals surface area (Å²) < 4.78 is 27.9. The predicted molar refractivity (Wildman–Crippen MR) is 98.3 cm³/mol. The zero-order valence-corrected chi connectivity index (χ0v) is 15.3. The number of hydrogen-bond donors (Lipinski definition) is 1. The number of carbonyl (C=O) groups is 1. The highest BCUT2D eigenvalue weighted by molar-refractivity contribution is 7.92. The van der Waals surface area contributed by atoms with Crippen LogP contribution in [0.1, 0.15) is 34.3 Å². The van der Waals surface area contributed by atoms with Crippen molar-refractivity contribution in [2.24, 2.45) is 0 Å². The summed E-state index contributed by atoms with van der Waals surface area (Å²) in [4.78, 5) is 14.3. The first-order chi connectivity index (χ1) is 11.9. The smallest absolute Gasteiger partial charge is 0.261 e. The second-order valence-corrected chi connectivity index (χ2v) is 8.08. The van der Waals surface area contributed by atoms with E-state index in [9.17, 15) is 13.2 Å². The summed E-state index contributed by atoms with van der Waals surface area (Å²) >= 11 is 0. The minimum atomic E-state index is -3.69. The number of aryl methyl sites for hydroxylation is 2. The van der Waals surface area contributed by atoms with Gasteiger partial charge in [0.15, 0.2) is 0 Å². The van der Waals surface area contributed by atoms with Crippen LogP contribution in [0.15, 0.2) is 47.4 Å². The number of rotatable bonds is 4. The van der Waals surface area contributed by atoms with E-state index in [0.29, 0.717) is 11.3 Å². The third-order valence-corrected chi connectivity index (χ3v) is 5.89. The van der Waals surface area contributed by atoms with Crippen LogP contribution < -0.4 is 4.72 Å². The molecular weight excluding hydrogens is 336 g/mol.